The lowest BCUT2D eigenvalue weighted by Gasteiger charge is -2.05. The van der Waals surface area contributed by atoms with Crippen LogP contribution in [0.15, 0.2) is 53.5 Å². The Kier molecular flexibility index (Phi) is 2.91. The summed E-state index contributed by atoms with van der Waals surface area (Å²) in [5, 5.41) is 9.98. The van der Waals surface area contributed by atoms with Gasteiger partial charge in [-0.2, -0.15) is 0 Å². The summed E-state index contributed by atoms with van der Waals surface area (Å²) in [6.07, 6.45) is 1.66. The fourth-order valence-corrected chi connectivity index (χ4v) is 2.20. The van der Waals surface area contributed by atoms with E-state index in [9.17, 15) is 9.90 Å². The Hall–Kier alpha value is -2.75. The van der Waals surface area contributed by atoms with Crippen LogP contribution in [-0.2, 0) is 0 Å². The van der Waals surface area contributed by atoms with Crippen molar-refractivity contribution < 1.29 is 9.84 Å². The monoisotopic (exact) mass is 267 g/mol. The molecule has 0 bridgehead atoms. The SMILES string of the molecule is COc1ccc(-c2c[nH]c3cc(O)ccc3c2=O)cc1. The summed E-state index contributed by atoms with van der Waals surface area (Å²) < 4.78 is 5.10. The van der Waals surface area contributed by atoms with Crippen LogP contribution in [0.4, 0.5) is 0 Å². The summed E-state index contributed by atoms with van der Waals surface area (Å²) in [6.45, 7) is 0. The highest BCUT2D eigenvalue weighted by Gasteiger charge is 2.08. The van der Waals surface area contributed by atoms with E-state index in [2.05, 4.69) is 4.98 Å². The topological polar surface area (TPSA) is 62.3 Å². The van der Waals surface area contributed by atoms with E-state index in [-0.39, 0.29) is 11.2 Å². The maximum absolute atomic E-state index is 12.5. The van der Waals surface area contributed by atoms with Crippen LogP contribution in [0, 0.1) is 0 Å². The predicted octanol–water partition coefficient (Wildman–Crippen LogP) is 2.91. The fourth-order valence-electron chi connectivity index (χ4n) is 2.20. The van der Waals surface area contributed by atoms with Gasteiger partial charge >= 0.3 is 0 Å². The molecule has 2 N–H and O–H groups in total. The molecule has 4 nitrogen and oxygen atoms in total. The largest absolute Gasteiger partial charge is 0.508 e. The molecule has 0 aliphatic rings. The van der Waals surface area contributed by atoms with E-state index in [1.165, 1.54) is 12.1 Å². The van der Waals surface area contributed by atoms with E-state index in [1.807, 2.05) is 24.3 Å². The molecule has 1 aromatic heterocycles. The second kappa shape index (κ2) is 4.74. The van der Waals surface area contributed by atoms with E-state index in [1.54, 1.807) is 19.4 Å². The number of methoxy groups -OCH3 is 1. The highest BCUT2D eigenvalue weighted by Crippen LogP contribution is 2.22. The van der Waals surface area contributed by atoms with Crippen molar-refractivity contribution in [3.8, 4) is 22.6 Å². The van der Waals surface area contributed by atoms with Crippen LogP contribution in [0.1, 0.15) is 0 Å². The van der Waals surface area contributed by atoms with Crippen LogP contribution < -0.4 is 10.2 Å². The molecule has 0 radical (unpaired) electrons. The van der Waals surface area contributed by atoms with Crippen molar-refractivity contribution in [1.82, 2.24) is 4.98 Å². The van der Waals surface area contributed by atoms with Gasteiger partial charge in [0.2, 0.25) is 0 Å². The maximum atomic E-state index is 12.5. The molecule has 0 saturated heterocycles. The third-order valence-corrected chi connectivity index (χ3v) is 3.27. The Labute approximate surface area is 115 Å². The van der Waals surface area contributed by atoms with E-state index >= 15 is 0 Å². The molecule has 0 aliphatic heterocycles. The molecular formula is C16H13NO3. The zero-order valence-electron chi connectivity index (χ0n) is 10.9. The number of ether oxygens (including phenoxy) is 1. The van der Waals surface area contributed by atoms with Gasteiger partial charge in [-0.25, -0.2) is 0 Å². The number of phenols is 1. The molecule has 0 amide bonds. The molecule has 0 atom stereocenters. The Morgan fingerprint density at radius 2 is 1.85 bits per heavy atom. The zero-order valence-corrected chi connectivity index (χ0v) is 10.9. The third kappa shape index (κ3) is 2.01. The van der Waals surface area contributed by atoms with Gasteiger partial charge in [-0.3, -0.25) is 4.79 Å². The molecule has 0 aliphatic carbocycles. The normalized spacial score (nSPS) is 10.7. The van der Waals surface area contributed by atoms with Crippen LogP contribution >= 0.6 is 0 Å². The standard InChI is InChI=1S/C16H13NO3/c1-20-12-5-2-10(3-6-12)14-9-17-15-8-11(18)4-7-13(15)16(14)19/h2-9,18H,1H3,(H,17,19). The number of fused-ring (bicyclic) bond motifs is 1. The minimum atomic E-state index is -0.0658. The number of aromatic nitrogens is 1. The molecular weight excluding hydrogens is 254 g/mol. The van der Waals surface area contributed by atoms with Crippen molar-refractivity contribution in [3.05, 3.63) is 58.9 Å². The summed E-state index contributed by atoms with van der Waals surface area (Å²) in [4.78, 5) is 15.5. The number of benzene rings is 2. The molecule has 100 valence electrons. The molecule has 0 fully saturated rings. The lowest BCUT2D eigenvalue weighted by molar-refractivity contribution is 0.415. The van der Waals surface area contributed by atoms with Gasteiger partial charge in [-0.05, 0) is 29.8 Å². The number of pyridine rings is 1. The van der Waals surface area contributed by atoms with Gasteiger partial charge in [0.15, 0.2) is 5.43 Å². The number of aromatic amines is 1. The van der Waals surface area contributed by atoms with Gasteiger partial charge in [-0.1, -0.05) is 12.1 Å². The molecule has 2 aromatic carbocycles. The summed E-state index contributed by atoms with van der Waals surface area (Å²) in [6, 6.07) is 12.0. The van der Waals surface area contributed by atoms with Gasteiger partial charge in [0.1, 0.15) is 11.5 Å². The Morgan fingerprint density at radius 1 is 1.10 bits per heavy atom. The molecule has 0 saturated carbocycles. The maximum Gasteiger partial charge on any atom is 0.197 e. The van der Waals surface area contributed by atoms with Gasteiger partial charge in [0.05, 0.1) is 12.6 Å². The van der Waals surface area contributed by atoms with Crippen molar-refractivity contribution in [2.75, 3.05) is 7.11 Å². The van der Waals surface area contributed by atoms with Crippen LogP contribution in [-0.4, -0.2) is 17.2 Å². The number of phenolic OH excluding ortho intramolecular Hbond substituents is 1. The molecule has 1 heterocycles. The zero-order chi connectivity index (χ0) is 14.1. The van der Waals surface area contributed by atoms with Crippen molar-refractivity contribution in [3.63, 3.8) is 0 Å². The molecule has 20 heavy (non-hydrogen) atoms. The molecule has 3 aromatic rings. The molecule has 0 spiro atoms. The molecule has 0 unspecified atom stereocenters. The predicted molar refractivity (Wildman–Crippen MR) is 78.2 cm³/mol. The minimum absolute atomic E-state index is 0.0658. The van der Waals surface area contributed by atoms with E-state index < -0.39 is 0 Å². The first-order valence-electron chi connectivity index (χ1n) is 6.18. The van der Waals surface area contributed by atoms with Gasteiger partial charge in [0, 0.05) is 23.2 Å². The van der Waals surface area contributed by atoms with Gasteiger partial charge in [0.25, 0.3) is 0 Å². The van der Waals surface area contributed by atoms with Crippen LogP contribution in [0.5, 0.6) is 11.5 Å². The first-order chi connectivity index (χ1) is 9.69. The van der Waals surface area contributed by atoms with Crippen LogP contribution in [0.3, 0.4) is 0 Å². The number of H-pyrrole nitrogens is 1. The summed E-state index contributed by atoms with van der Waals surface area (Å²) in [5.41, 5.74) is 1.96. The fraction of sp³-hybridized carbons (Fsp3) is 0.0625. The molecule has 4 heteroatoms. The Bertz CT molecular complexity index is 819. The van der Waals surface area contributed by atoms with Crippen molar-refractivity contribution in [2.45, 2.75) is 0 Å². The summed E-state index contributed by atoms with van der Waals surface area (Å²) in [7, 11) is 1.60. The lowest BCUT2D eigenvalue weighted by Crippen LogP contribution is -2.06. The lowest BCUT2D eigenvalue weighted by atomic mass is 10.0. The number of aromatic hydroxyl groups is 1. The number of rotatable bonds is 2. The van der Waals surface area contributed by atoms with E-state index in [4.69, 9.17) is 4.74 Å². The average Bonchev–Trinajstić information content (AvgIpc) is 2.48. The molecule has 3 rings (SSSR count). The van der Waals surface area contributed by atoms with Crippen LogP contribution in [0.25, 0.3) is 22.0 Å². The van der Waals surface area contributed by atoms with Crippen molar-refractivity contribution in [1.29, 1.82) is 0 Å². The second-order valence-corrected chi connectivity index (χ2v) is 4.49. The highest BCUT2D eigenvalue weighted by molar-refractivity contribution is 5.84. The quantitative estimate of drug-likeness (QED) is 0.750. The smallest absolute Gasteiger partial charge is 0.197 e. The number of nitrogens with one attached hydrogen (secondary N) is 1. The minimum Gasteiger partial charge on any atom is -0.508 e. The van der Waals surface area contributed by atoms with Crippen molar-refractivity contribution in [2.24, 2.45) is 0 Å². The number of hydrogen-bond donors (Lipinski definition) is 2. The second-order valence-electron chi connectivity index (χ2n) is 4.49. The summed E-state index contributed by atoms with van der Waals surface area (Å²) in [5.74, 6) is 0.876. The van der Waals surface area contributed by atoms with Gasteiger partial charge in [-0.15, -0.1) is 0 Å². The highest BCUT2D eigenvalue weighted by atomic mass is 16.5. The first kappa shape index (κ1) is 12.3. The average molecular weight is 267 g/mol. The van der Waals surface area contributed by atoms with Crippen LogP contribution in [0.2, 0.25) is 0 Å². The summed E-state index contributed by atoms with van der Waals surface area (Å²) >= 11 is 0. The Balaban J connectivity index is 2.18. The van der Waals surface area contributed by atoms with Gasteiger partial charge < -0.3 is 14.8 Å². The van der Waals surface area contributed by atoms with Crippen molar-refractivity contribution >= 4 is 10.9 Å². The first-order valence-corrected chi connectivity index (χ1v) is 6.18. The van der Waals surface area contributed by atoms with E-state index in [0.717, 1.165) is 11.3 Å². The van der Waals surface area contributed by atoms with E-state index in [0.29, 0.717) is 16.5 Å². The number of hydrogen-bond acceptors (Lipinski definition) is 3. The third-order valence-electron chi connectivity index (χ3n) is 3.27. The Morgan fingerprint density at radius 3 is 2.55 bits per heavy atom.